The van der Waals surface area contributed by atoms with Gasteiger partial charge >= 0.3 is 6.18 Å². The van der Waals surface area contributed by atoms with Crippen molar-refractivity contribution < 1.29 is 17.6 Å². The number of hydrogen-bond donors (Lipinski definition) is 0. The number of rotatable bonds is 9. The van der Waals surface area contributed by atoms with Crippen LogP contribution in [0.15, 0.2) is 30.3 Å². The second kappa shape index (κ2) is 9.30. The molecule has 0 heterocycles. The van der Waals surface area contributed by atoms with E-state index in [-0.39, 0.29) is 0 Å². The molecule has 1 rings (SSSR count). The van der Waals surface area contributed by atoms with Crippen LogP contribution in [0, 0.1) is 0 Å². The maximum atomic E-state index is 12.7. The molecule has 0 aliphatic carbocycles. The first kappa shape index (κ1) is 20.8. The van der Waals surface area contributed by atoms with Gasteiger partial charge in [0.25, 0.3) is 0 Å². The minimum atomic E-state index is -4.30. The summed E-state index contributed by atoms with van der Waals surface area (Å²) in [6, 6.07) is 5.26. The van der Waals surface area contributed by atoms with E-state index in [0.717, 1.165) is 36.3 Å². The molecular weight excluding hydrogens is 329 g/mol. The molecular formula is C19H29F3OSi. The quantitative estimate of drug-likeness (QED) is 0.256. The lowest BCUT2D eigenvalue weighted by Gasteiger charge is -2.22. The maximum Gasteiger partial charge on any atom is 0.416 e. The highest BCUT2D eigenvalue weighted by molar-refractivity contribution is 6.70. The Morgan fingerprint density at radius 2 is 1.58 bits per heavy atom. The SMILES string of the molecule is CCCCCCC/C=C(\O[Si](C)(C)C)c1ccc(C(F)(F)F)cc1. The molecule has 1 aromatic rings. The van der Waals surface area contributed by atoms with Crippen molar-refractivity contribution in [3.8, 4) is 0 Å². The molecule has 24 heavy (non-hydrogen) atoms. The lowest BCUT2D eigenvalue weighted by Crippen LogP contribution is -2.24. The molecule has 0 saturated heterocycles. The molecule has 136 valence electrons. The number of allylic oxidation sites excluding steroid dienone is 1. The molecule has 0 atom stereocenters. The molecule has 5 heteroatoms. The first-order chi connectivity index (χ1) is 11.1. The van der Waals surface area contributed by atoms with Crippen molar-refractivity contribution in [1.29, 1.82) is 0 Å². The average Bonchev–Trinajstić information content (AvgIpc) is 2.47. The van der Waals surface area contributed by atoms with Crippen LogP contribution in [-0.4, -0.2) is 8.32 Å². The Kier molecular flexibility index (Phi) is 8.07. The summed E-state index contributed by atoms with van der Waals surface area (Å²) in [6.07, 6.45) is 4.58. The fourth-order valence-electron chi connectivity index (χ4n) is 2.35. The summed E-state index contributed by atoms with van der Waals surface area (Å²) < 4.78 is 44.2. The first-order valence-corrected chi connectivity index (χ1v) is 12.1. The van der Waals surface area contributed by atoms with Gasteiger partial charge in [0.1, 0.15) is 5.76 Å². The van der Waals surface area contributed by atoms with Gasteiger partial charge in [-0.2, -0.15) is 13.2 Å². The van der Waals surface area contributed by atoms with Crippen molar-refractivity contribution >= 4 is 14.1 Å². The maximum absolute atomic E-state index is 12.7. The topological polar surface area (TPSA) is 9.23 Å². The van der Waals surface area contributed by atoms with Crippen LogP contribution in [0.25, 0.3) is 5.76 Å². The molecule has 0 saturated carbocycles. The van der Waals surface area contributed by atoms with Crippen LogP contribution in [0.5, 0.6) is 0 Å². The molecule has 0 aliphatic heterocycles. The van der Waals surface area contributed by atoms with E-state index in [1.54, 1.807) is 0 Å². The average molecular weight is 359 g/mol. The molecule has 1 aromatic carbocycles. The van der Waals surface area contributed by atoms with Gasteiger partial charge in [-0.3, -0.25) is 0 Å². The number of halogens is 3. The van der Waals surface area contributed by atoms with Crippen LogP contribution in [0.2, 0.25) is 19.6 Å². The van der Waals surface area contributed by atoms with E-state index in [4.69, 9.17) is 4.43 Å². The molecule has 0 bridgehead atoms. The molecule has 0 fully saturated rings. The lowest BCUT2D eigenvalue weighted by molar-refractivity contribution is -0.137. The van der Waals surface area contributed by atoms with Gasteiger partial charge in [0.2, 0.25) is 8.32 Å². The largest absolute Gasteiger partial charge is 0.544 e. The summed E-state index contributed by atoms with van der Waals surface area (Å²) in [5.41, 5.74) is 0.0946. The highest BCUT2D eigenvalue weighted by Gasteiger charge is 2.30. The highest BCUT2D eigenvalue weighted by Crippen LogP contribution is 2.31. The van der Waals surface area contributed by atoms with Crippen molar-refractivity contribution in [2.24, 2.45) is 0 Å². The monoisotopic (exact) mass is 358 g/mol. The first-order valence-electron chi connectivity index (χ1n) is 8.70. The van der Waals surface area contributed by atoms with Gasteiger partial charge in [0.15, 0.2) is 0 Å². The molecule has 1 nitrogen and oxygen atoms in total. The smallest absolute Gasteiger partial charge is 0.416 e. The van der Waals surface area contributed by atoms with E-state index in [0.29, 0.717) is 0 Å². The minimum Gasteiger partial charge on any atom is -0.544 e. The second-order valence-corrected chi connectivity index (χ2v) is 11.5. The Hall–Kier alpha value is -1.23. The molecule has 0 aliphatic rings. The van der Waals surface area contributed by atoms with E-state index in [1.165, 1.54) is 37.8 Å². The Morgan fingerprint density at radius 1 is 1.00 bits per heavy atom. The minimum absolute atomic E-state index is 0.627. The fourth-order valence-corrected chi connectivity index (χ4v) is 3.21. The van der Waals surface area contributed by atoms with Gasteiger partial charge in [-0.25, -0.2) is 0 Å². The van der Waals surface area contributed by atoms with Crippen LogP contribution < -0.4 is 0 Å². The van der Waals surface area contributed by atoms with E-state index in [9.17, 15) is 13.2 Å². The Morgan fingerprint density at radius 3 is 2.08 bits per heavy atom. The predicted molar refractivity (Wildman–Crippen MR) is 97.2 cm³/mol. The third kappa shape index (κ3) is 8.04. The number of hydrogen-bond acceptors (Lipinski definition) is 1. The number of benzene rings is 1. The van der Waals surface area contributed by atoms with Crippen LogP contribution >= 0.6 is 0 Å². The summed E-state index contributed by atoms with van der Waals surface area (Å²) in [5.74, 6) is 0.721. The van der Waals surface area contributed by atoms with E-state index >= 15 is 0 Å². The second-order valence-electron chi connectivity index (χ2n) is 7.06. The zero-order chi connectivity index (χ0) is 18.2. The third-order valence-electron chi connectivity index (χ3n) is 3.55. The standard InChI is InChI=1S/C19H29F3OSi/c1-5-6-7-8-9-10-11-18(23-24(2,3)4)16-12-14-17(15-13-16)19(20,21)22/h11-15H,5-10H2,1-4H3/b18-11-. The van der Waals surface area contributed by atoms with Gasteiger partial charge in [-0.15, -0.1) is 0 Å². The molecule has 0 N–H and O–H groups in total. The molecule has 0 spiro atoms. The zero-order valence-electron chi connectivity index (χ0n) is 15.2. The van der Waals surface area contributed by atoms with E-state index in [2.05, 4.69) is 26.6 Å². The Labute approximate surface area is 145 Å². The normalized spacial score (nSPS) is 13.2. The fraction of sp³-hybridized carbons (Fsp3) is 0.579. The van der Waals surface area contributed by atoms with Gasteiger partial charge in [-0.05, 0) is 50.7 Å². The highest BCUT2D eigenvalue weighted by atomic mass is 28.4. The molecule has 0 aromatic heterocycles. The van der Waals surface area contributed by atoms with E-state index < -0.39 is 20.1 Å². The van der Waals surface area contributed by atoms with Gasteiger partial charge in [0, 0.05) is 5.56 Å². The van der Waals surface area contributed by atoms with Gasteiger partial charge in [-0.1, -0.05) is 44.7 Å². The number of unbranched alkanes of at least 4 members (excludes halogenated alkanes) is 5. The molecule has 0 amide bonds. The van der Waals surface area contributed by atoms with Crippen molar-refractivity contribution in [3.05, 3.63) is 41.5 Å². The van der Waals surface area contributed by atoms with Gasteiger partial charge in [0.05, 0.1) is 5.56 Å². The summed E-state index contributed by atoms with van der Waals surface area (Å²) in [5, 5.41) is 0. The summed E-state index contributed by atoms with van der Waals surface area (Å²) in [7, 11) is -1.82. The summed E-state index contributed by atoms with van der Waals surface area (Å²) in [6.45, 7) is 8.41. The van der Waals surface area contributed by atoms with E-state index in [1.807, 2.05) is 6.08 Å². The number of alkyl halides is 3. The third-order valence-corrected chi connectivity index (χ3v) is 4.38. The van der Waals surface area contributed by atoms with Crippen molar-refractivity contribution in [3.63, 3.8) is 0 Å². The summed E-state index contributed by atoms with van der Waals surface area (Å²) >= 11 is 0. The lowest BCUT2D eigenvalue weighted by atomic mass is 10.1. The van der Waals surface area contributed by atoms with Crippen LogP contribution in [-0.2, 0) is 10.6 Å². The van der Waals surface area contributed by atoms with Crippen LogP contribution in [0.3, 0.4) is 0 Å². The van der Waals surface area contributed by atoms with Gasteiger partial charge < -0.3 is 4.43 Å². The Bertz CT molecular complexity index is 513. The van der Waals surface area contributed by atoms with Crippen LogP contribution in [0.4, 0.5) is 13.2 Å². The van der Waals surface area contributed by atoms with Crippen molar-refractivity contribution in [2.45, 2.75) is 71.3 Å². The van der Waals surface area contributed by atoms with Crippen LogP contribution in [0.1, 0.15) is 56.6 Å². The molecule has 0 radical (unpaired) electrons. The van der Waals surface area contributed by atoms with Crippen molar-refractivity contribution in [2.75, 3.05) is 0 Å². The summed E-state index contributed by atoms with van der Waals surface area (Å²) in [4.78, 5) is 0. The predicted octanol–water partition coefficient (Wildman–Crippen LogP) is 7.26. The molecule has 0 unspecified atom stereocenters. The Balaban J connectivity index is 2.81. The van der Waals surface area contributed by atoms with Crippen molar-refractivity contribution in [1.82, 2.24) is 0 Å². The zero-order valence-corrected chi connectivity index (χ0v) is 16.2.